The third kappa shape index (κ3) is 7.58. The van der Waals surface area contributed by atoms with Gasteiger partial charge in [-0.25, -0.2) is 0 Å². The van der Waals surface area contributed by atoms with E-state index in [0.29, 0.717) is 5.92 Å². The summed E-state index contributed by atoms with van der Waals surface area (Å²) in [6.45, 7) is 9.12. The van der Waals surface area contributed by atoms with Gasteiger partial charge in [-0.15, -0.1) is 0 Å². The number of hydrogen-bond acceptors (Lipinski definition) is 4. The van der Waals surface area contributed by atoms with E-state index in [1.807, 2.05) is 6.20 Å². The van der Waals surface area contributed by atoms with E-state index in [9.17, 15) is 0 Å². The van der Waals surface area contributed by atoms with Gasteiger partial charge in [0.05, 0.1) is 5.69 Å². The minimum Gasteiger partial charge on any atom is -0.385 e. The van der Waals surface area contributed by atoms with Crippen LogP contribution in [0.4, 0.5) is 0 Å². The molecule has 0 aliphatic rings. The van der Waals surface area contributed by atoms with Crippen LogP contribution < -0.4 is 5.32 Å². The Hall–Kier alpha value is -0.970. The number of nitrogens with zero attached hydrogens (tertiary/aromatic N) is 2. The SMILES string of the molecule is COCCCN(C)Cc1ccc(CNCC(C)C)cn1. The van der Waals surface area contributed by atoms with Gasteiger partial charge in [-0.2, -0.15) is 0 Å². The summed E-state index contributed by atoms with van der Waals surface area (Å²) in [6.07, 6.45) is 3.04. The topological polar surface area (TPSA) is 37.4 Å². The number of pyridine rings is 1. The molecule has 0 aliphatic heterocycles. The van der Waals surface area contributed by atoms with Gasteiger partial charge in [0.25, 0.3) is 0 Å². The molecule has 1 rings (SSSR count). The molecule has 1 heterocycles. The van der Waals surface area contributed by atoms with Gasteiger partial charge in [0.15, 0.2) is 0 Å². The highest BCUT2D eigenvalue weighted by Crippen LogP contribution is 2.04. The van der Waals surface area contributed by atoms with Crippen molar-refractivity contribution in [2.24, 2.45) is 5.92 Å². The zero-order chi connectivity index (χ0) is 14.8. The molecule has 0 atom stereocenters. The van der Waals surface area contributed by atoms with Crippen molar-refractivity contribution in [3.05, 3.63) is 29.6 Å². The lowest BCUT2D eigenvalue weighted by molar-refractivity contribution is 0.178. The summed E-state index contributed by atoms with van der Waals surface area (Å²) in [6, 6.07) is 4.29. The van der Waals surface area contributed by atoms with E-state index in [1.165, 1.54) is 5.56 Å². The highest BCUT2D eigenvalue weighted by molar-refractivity contribution is 5.13. The molecule has 114 valence electrons. The van der Waals surface area contributed by atoms with E-state index in [2.05, 4.69) is 48.2 Å². The van der Waals surface area contributed by atoms with Crippen molar-refractivity contribution in [1.82, 2.24) is 15.2 Å². The summed E-state index contributed by atoms with van der Waals surface area (Å²) in [5.74, 6) is 0.683. The fourth-order valence-electron chi connectivity index (χ4n) is 1.99. The lowest BCUT2D eigenvalue weighted by Crippen LogP contribution is -2.21. The van der Waals surface area contributed by atoms with Crippen molar-refractivity contribution in [2.45, 2.75) is 33.4 Å². The van der Waals surface area contributed by atoms with Gasteiger partial charge in [-0.1, -0.05) is 19.9 Å². The molecule has 0 unspecified atom stereocenters. The molecule has 0 fully saturated rings. The van der Waals surface area contributed by atoms with E-state index in [-0.39, 0.29) is 0 Å². The van der Waals surface area contributed by atoms with Crippen LogP contribution in [0.2, 0.25) is 0 Å². The monoisotopic (exact) mass is 279 g/mol. The fraction of sp³-hybridized carbons (Fsp3) is 0.688. The molecule has 0 aliphatic carbocycles. The third-order valence-electron chi connectivity index (χ3n) is 3.09. The summed E-state index contributed by atoms with van der Waals surface area (Å²) < 4.78 is 5.06. The predicted molar refractivity (Wildman–Crippen MR) is 83.6 cm³/mol. The molecule has 0 saturated heterocycles. The zero-order valence-corrected chi connectivity index (χ0v) is 13.4. The third-order valence-corrected chi connectivity index (χ3v) is 3.09. The highest BCUT2D eigenvalue weighted by Gasteiger charge is 2.02. The fourth-order valence-corrected chi connectivity index (χ4v) is 1.99. The molecular formula is C16H29N3O. The first-order valence-electron chi connectivity index (χ1n) is 7.43. The molecule has 0 amide bonds. The second-order valence-electron chi connectivity index (χ2n) is 5.77. The van der Waals surface area contributed by atoms with Gasteiger partial charge in [0, 0.05) is 39.5 Å². The Bertz CT molecular complexity index is 351. The predicted octanol–water partition coefficient (Wildman–Crippen LogP) is 2.30. The van der Waals surface area contributed by atoms with Crippen molar-refractivity contribution >= 4 is 0 Å². The minimum atomic E-state index is 0.683. The first kappa shape index (κ1) is 17.1. The molecule has 0 aromatic carbocycles. The lowest BCUT2D eigenvalue weighted by atomic mass is 10.2. The van der Waals surface area contributed by atoms with Crippen LogP contribution in [0.15, 0.2) is 18.3 Å². The number of aromatic nitrogens is 1. The maximum absolute atomic E-state index is 5.06. The molecule has 20 heavy (non-hydrogen) atoms. The first-order chi connectivity index (χ1) is 9.61. The molecule has 1 N–H and O–H groups in total. The second-order valence-corrected chi connectivity index (χ2v) is 5.77. The van der Waals surface area contributed by atoms with Crippen LogP contribution in [0.1, 0.15) is 31.5 Å². The van der Waals surface area contributed by atoms with E-state index in [1.54, 1.807) is 7.11 Å². The molecule has 0 bridgehead atoms. The van der Waals surface area contributed by atoms with Crippen LogP contribution in [0.25, 0.3) is 0 Å². The van der Waals surface area contributed by atoms with Crippen molar-refractivity contribution in [3.63, 3.8) is 0 Å². The van der Waals surface area contributed by atoms with Crippen LogP contribution >= 0.6 is 0 Å². The second kappa shape index (κ2) is 9.86. The average Bonchev–Trinajstić information content (AvgIpc) is 2.41. The Morgan fingerprint density at radius 1 is 1.35 bits per heavy atom. The Balaban J connectivity index is 2.30. The standard InChI is InChI=1S/C16H29N3O/c1-14(2)10-17-11-15-6-7-16(18-12-15)13-19(3)8-5-9-20-4/h6-7,12,14,17H,5,8-11,13H2,1-4H3. The number of hydrogen-bond donors (Lipinski definition) is 1. The molecule has 0 spiro atoms. The Labute approximate surface area is 123 Å². The normalized spacial score (nSPS) is 11.5. The van der Waals surface area contributed by atoms with Crippen LogP contribution in [0.3, 0.4) is 0 Å². The maximum Gasteiger partial charge on any atom is 0.0544 e. The first-order valence-corrected chi connectivity index (χ1v) is 7.43. The summed E-state index contributed by atoms with van der Waals surface area (Å²) in [7, 11) is 3.86. The molecule has 0 radical (unpaired) electrons. The molecule has 4 heteroatoms. The summed E-state index contributed by atoms with van der Waals surface area (Å²) >= 11 is 0. The molecule has 0 saturated carbocycles. The smallest absolute Gasteiger partial charge is 0.0544 e. The van der Waals surface area contributed by atoms with Gasteiger partial charge in [-0.05, 0) is 37.6 Å². The highest BCUT2D eigenvalue weighted by atomic mass is 16.5. The van der Waals surface area contributed by atoms with Gasteiger partial charge < -0.3 is 15.0 Å². The Morgan fingerprint density at radius 2 is 2.15 bits per heavy atom. The minimum absolute atomic E-state index is 0.683. The van der Waals surface area contributed by atoms with Gasteiger partial charge in [0.2, 0.25) is 0 Å². The lowest BCUT2D eigenvalue weighted by Gasteiger charge is -2.16. The van der Waals surface area contributed by atoms with E-state index in [4.69, 9.17) is 4.74 Å². The summed E-state index contributed by atoms with van der Waals surface area (Å²) in [5.41, 5.74) is 2.37. The quantitative estimate of drug-likeness (QED) is 0.667. The van der Waals surface area contributed by atoms with Crippen molar-refractivity contribution in [2.75, 3.05) is 33.9 Å². The largest absolute Gasteiger partial charge is 0.385 e. The molecule has 1 aromatic heterocycles. The summed E-state index contributed by atoms with van der Waals surface area (Å²) in [4.78, 5) is 6.81. The Kier molecular flexibility index (Phi) is 8.42. The van der Waals surface area contributed by atoms with Gasteiger partial charge in [0.1, 0.15) is 0 Å². The van der Waals surface area contributed by atoms with Crippen LogP contribution in [0, 0.1) is 5.92 Å². The van der Waals surface area contributed by atoms with E-state index < -0.39 is 0 Å². The number of ether oxygens (including phenoxy) is 1. The molecule has 4 nitrogen and oxygen atoms in total. The van der Waals surface area contributed by atoms with Gasteiger partial charge in [-0.3, -0.25) is 4.98 Å². The maximum atomic E-state index is 5.06. The molecular weight excluding hydrogens is 250 g/mol. The van der Waals surface area contributed by atoms with Crippen LogP contribution in [-0.2, 0) is 17.8 Å². The zero-order valence-electron chi connectivity index (χ0n) is 13.4. The van der Waals surface area contributed by atoms with Crippen molar-refractivity contribution in [1.29, 1.82) is 0 Å². The van der Waals surface area contributed by atoms with Crippen LogP contribution in [0.5, 0.6) is 0 Å². The van der Waals surface area contributed by atoms with Crippen molar-refractivity contribution in [3.8, 4) is 0 Å². The van der Waals surface area contributed by atoms with E-state index >= 15 is 0 Å². The average molecular weight is 279 g/mol. The summed E-state index contributed by atoms with van der Waals surface area (Å²) in [5, 5.41) is 3.43. The number of methoxy groups -OCH3 is 1. The van der Waals surface area contributed by atoms with Gasteiger partial charge >= 0.3 is 0 Å². The Morgan fingerprint density at radius 3 is 2.75 bits per heavy atom. The molecule has 1 aromatic rings. The number of rotatable bonds is 10. The van der Waals surface area contributed by atoms with Crippen molar-refractivity contribution < 1.29 is 4.74 Å². The van der Waals surface area contributed by atoms with E-state index in [0.717, 1.165) is 44.9 Å². The van der Waals surface area contributed by atoms with Crippen LogP contribution in [-0.4, -0.2) is 43.7 Å². The number of nitrogens with one attached hydrogen (secondary N) is 1.